The lowest BCUT2D eigenvalue weighted by Crippen LogP contribution is -2.35. The van der Waals surface area contributed by atoms with Crippen molar-refractivity contribution in [1.29, 1.82) is 0 Å². The molecule has 116 valence electrons. The maximum atomic E-state index is 12.4. The van der Waals surface area contributed by atoms with Gasteiger partial charge in [-0.1, -0.05) is 20.3 Å². The summed E-state index contributed by atoms with van der Waals surface area (Å²) in [5.74, 6) is 3.90. The molecule has 20 heavy (non-hydrogen) atoms. The predicted molar refractivity (Wildman–Crippen MR) is 83.2 cm³/mol. The van der Waals surface area contributed by atoms with Crippen LogP contribution in [0.25, 0.3) is 0 Å². The van der Waals surface area contributed by atoms with Crippen LogP contribution < -0.4 is 5.73 Å². The van der Waals surface area contributed by atoms with Crippen LogP contribution in [0.4, 0.5) is 0 Å². The lowest BCUT2D eigenvalue weighted by Gasteiger charge is -2.28. The fourth-order valence-corrected chi connectivity index (χ4v) is 4.39. The number of fused-ring (bicyclic) bond motifs is 2. The predicted octanol–water partition coefficient (Wildman–Crippen LogP) is 2.89. The van der Waals surface area contributed by atoms with Crippen LogP contribution in [0, 0.1) is 29.6 Å². The highest BCUT2D eigenvalue weighted by Gasteiger charge is 2.40. The van der Waals surface area contributed by atoms with E-state index in [0.29, 0.717) is 30.7 Å². The molecule has 2 bridgehead atoms. The van der Waals surface area contributed by atoms with Crippen LogP contribution in [0.2, 0.25) is 0 Å². The molecule has 2 aliphatic rings. The number of nitrogens with zero attached hydrogens (tertiary/aromatic N) is 1. The molecule has 0 aromatic carbocycles. The highest BCUT2D eigenvalue weighted by atomic mass is 16.2. The van der Waals surface area contributed by atoms with E-state index in [0.717, 1.165) is 30.7 Å². The molecule has 3 nitrogen and oxygen atoms in total. The third kappa shape index (κ3) is 3.97. The van der Waals surface area contributed by atoms with E-state index in [-0.39, 0.29) is 0 Å². The molecule has 0 saturated heterocycles. The Morgan fingerprint density at radius 1 is 1.30 bits per heavy atom. The van der Waals surface area contributed by atoms with E-state index in [1.54, 1.807) is 0 Å². The zero-order valence-corrected chi connectivity index (χ0v) is 13.5. The zero-order chi connectivity index (χ0) is 14.7. The second kappa shape index (κ2) is 6.93. The van der Waals surface area contributed by atoms with E-state index >= 15 is 0 Å². The summed E-state index contributed by atoms with van der Waals surface area (Å²) in [5, 5.41) is 0. The molecular weight excluding hydrogens is 248 g/mol. The van der Waals surface area contributed by atoms with E-state index in [4.69, 9.17) is 5.73 Å². The summed E-state index contributed by atoms with van der Waals surface area (Å²) in [5.41, 5.74) is 5.81. The monoisotopic (exact) mass is 280 g/mol. The molecule has 0 radical (unpaired) electrons. The van der Waals surface area contributed by atoms with Crippen molar-refractivity contribution < 1.29 is 4.79 Å². The number of rotatable bonds is 7. The van der Waals surface area contributed by atoms with Crippen molar-refractivity contribution in [2.75, 3.05) is 20.1 Å². The van der Waals surface area contributed by atoms with Gasteiger partial charge in [0.05, 0.1) is 0 Å². The molecule has 2 rings (SSSR count). The van der Waals surface area contributed by atoms with Crippen molar-refractivity contribution in [2.45, 2.75) is 52.4 Å². The summed E-state index contributed by atoms with van der Waals surface area (Å²) in [6.45, 7) is 6.00. The third-order valence-electron chi connectivity index (χ3n) is 5.42. The highest BCUT2D eigenvalue weighted by molar-refractivity contribution is 5.76. The first-order valence-corrected chi connectivity index (χ1v) is 8.43. The van der Waals surface area contributed by atoms with E-state index in [1.807, 2.05) is 11.9 Å². The molecule has 1 amide bonds. The molecule has 0 aromatic rings. The summed E-state index contributed by atoms with van der Waals surface area (Å²) >= 11 is 0. The van der Waals surface area contributed by atoms with Crippen LogP contribution in [0.5, 0.6) is 0 Å². The van der Waals surface area contributed by atoms with Gasteiger partial charge in [-0.3, -0.25) is 4.79 Å². The molecule has 2 fully saturated rings. The van der Waals surface area contributed by atoms with Crippen LogP contribution in [0.3, 0.4) is 0 Å². The average Bonchev–Trinajstić information content (AvgIpc) is 2.99. The Morgan fingerprint density at radius 3 is 2.55 bits per heavy atom. The molecule has 0 heterocycles. The van der Waals surface area contributed by atoms with E-state index in [1.165, 1.54) is 25.7 Å². The van der Waals surface area contributed by atoms with Crippen LogP contribution >= 0.6 is 0 Å². The maximum Gasteiger partial charge on any atom is 0.222 e. The van der Waals surface area contributed by atoms with Crippen LogP contribution in [0.15, 0.2) is 0 Å². The molecule has 3 unspecified atom stereocenters. The molecule has 3 heteroatoms. The Balaban J connectivity index is 1.76. The summed E-state index contributed by atoms with van der Waals surface area (Å²) in [4.78, 5) is 14.3. The van der Waals surface area contributed by atoms with E-state index in [9.17, 15) is 4.79 Å². The zero-order valence-electron chi connectivity index (χ0n) is 13.5. The minimum Gasteiger partial charge on any atom is -0.345 e. The van der Waals surface area contributed by atoms with E-state index < -0.39 is 0 Å². The van der Waals surface area contributed by atoms with Gasteiger partial charge >= 0.3 is 0 Å². The van der Waals surface area contributed by atoms with Gasteiger partial charge < -0.3 is 10.6 Å². The summed E-state index contributed by atoms with van der Waals surface area (Å²) in [6, 6.07) is 0. The lowest BCUT2D eigenvalue weighted by molar-refractivity contribution is -0.131. The molecular formula is C17H32N2O. The molecule has 0 spiro atoms. The molecule has 0 aromatic heterocycles. The standard InChI is InChI=1S/C17H32N2O/c1-12(2)6-14(10-18)9-17(20)19(3)11-16-8-13-4-5-15(16)7-13/h12-16H,4-11,18H2,1-3H3/t13?,14-,15?,16?/m0/s1. The molecule has 0 aliphatic heterocycles. The number of carbonyl (C=O) groups is 1. The van der Waals surface area contributed by atoms with Gasteiger partial charge in [0.25, 0.3) is 0 Å². The summed E-state index contributed by atoms with van der Waals surface area (Å²) in [6.07, 6.45) is 7.30. The maximum absolute atomic E-state index is 12.4. The van der Waals surface area contributed by atoms with Crippen LogP contribution in [-0.2, 0) is 4.79 Å². The minimum atomic E-state index is 0.295. The Labute approximate surface area is 124 Å². The lowest BCUT2D eigenvalue weighted by atomic mass is 9.88. The van der Waals surface area contributed by atoms with Gasteiger partial charge in [0.1, 0.15) is 0 Å². The van der Waals surface area contributed by atoms with Gasteiger partial charge in [-0.2, -0.15) is 0 Å². The van der Waals surface area contributed by atoms with Gasteiger partial charge in [-0.05, 0) is 61.8 Å². The van der Waals surface area contributed by atoms with Gasteiger partial charge in [0.2, 0.25) is 5.91 Å². The normalized spacial score (nSPS) is 29.9. The van der Waals surface area contributed by atoms with Crippen molar-refractivity contribution in [3.8, 4) is 0 Å². The Morgan fingerprint density at radius 2 is 2.05 bits per heavy atom. The average molecular weight is 280 g/mol. The molecule has 2 aliphatic carbocycles. The van der Waals surface area contributed by atoms with Crippen LogP contribution in [0.1, 0.15) is 52.4 Å². The van der Waals surface area contributed by atoms with Crippen molar-refractivity contribution in [2.24, 2.45) is 35.3 Å². The first-order chi connectivity index (χ1) is 9.49. The Hall–Kier alpha value is -0.570. The van der Waals surface area contributed by atoms with Crippen molar-refractivity contribution in [3.05, 3.63) is 0 Å². The number of amides is 1. The van der Waals surface area contributed by atoms with Crippen molar-refractivity contribution in [1.82, 2.24) is 4.90 Å². The van der Waals surface area contributed by atoms with Crippen molar-refractivity contribution >= 4 is 5.91 Å². The van der Waals surface area contributed by atoms with E-state index in [2.05, 4.69) is 13.8 Å². The second-order valence-electron chi connectivity index (χ2n) is 7.64. The fourth-order valence-electron chi connectivity index (χ4n) is 4.39. The summed E-state index contributed by atoms with van der Waals surface area (Å²) < 4.78 is 0. The second-order valence-corrected chi connectivity index (χ2v) is 7.64. The number of hydrogen-bond acceptors (Lipinski definition) is 2. The number of hydrogen-bond donors (Lipinski definition) is 1. The topological polar surface area (TPSA) is 46.3 Å². The fraction of sp³-hybridized carbons (Fsp3) is 0.941. The minimum absolute atomic E-state index is 0.295. The van der Waals surface area contributed by atoms with Gasteiger partial charge in [-0.25, -0.2) is 0 Å². The number of carbonyl (C=O) groups excluding carboxylic acids is 1. The molecule has 4 atom stereocenters. The smallest absolute Gasteiger partial charge is 0.222 e. The first kappa shape index (κ1) is 15.8. The van der Waals surface area contributed by atoms with Gasteiger partial charge in [0.15, 0.2) is 0 Å². The Bertz CT molecular complexity index is 329. The first-order valence-electron chi connectivity index (χ1n) is 8.43. The van der Waals surface area contributed by atoms with Gasteiger partial charge in [-0.15, -0.1) is 0 Å². The van der Waals surface area contributed by atoms with Gasteiger partial charge in [0, 0.05) is 20.0 Å². The SMILES string of the molecule is CC(C)C[C@H](CN)CC(=O)N(C)CC1CC2CCC1C2. The number of nitrogens with two attached hydrogens (primary N) is 1. The largest absolute Gasteiger partial charge is 0.345 e. The highest BCUT2D eigenvalue weighted by Crippen LogP contribution is 2.48. The molecule has 2 N–H and O–H groups in total. The van der Waals surface area contributed by atoms with Crippen LogP contribution in [-0.4, -0.2) is 30.9 Å². The Kier molecular flexibility index (Phi) is 5.48. The third-order valence-corrected chi connectivity index (χ3v) is 5.42. The molecule has 2 saturated carbocycles. The quantitative estimate of drug-likeness (QED) is 0.779. The van der Waals surface area contributed by atoms with Crippen molar-refractivity contribution in [3.63, 3.8) is 0 Å². The summed E-state index contributed by atoms with van der Waals surface area (Å²) in [7, 11) is 1.98.